The van der Waals surface area contributed by atoms with E-state index in [0.717, 1.165) is 6.07 Å². The van der Waals surface area contributed by atoms with Crippen LogP contribution >= 0.6 is 38.2 Å². The Labute approximate surface area is 129 Å². The third kappa shape index (κ3) is 4.34. The molecule has 0 saturated heterocycles. The predicted octanol–water partition coefficient (Wildman–Crippen LogP) is 3.99. The van der Waals surface area contributed by atoms with Gasteiger partial charge in [-0.05, 0) is 41.4 Å². The molecule has 0 saturated carbocycles. The molecule has 19 heavy (non-hydrogen) atoms. The summed E-state index contributed by atoms with van der Waals surface area (Å²) in [7, 11) is 1.29. The number of halogens is 3. The van der Waals surface area contributed by atoms with Crippen LogP contribution in [0.3, 0.4) is 0 Å². The first kappa shape index (κ1) is 16.8. The summed E-state index contributed by atoms with van der Waals surface area (Å²) >= 11 is 9.03. The van der Waals surface area contributed by atoms with Gasteiger partial charge in [-0.3, -0.25) is 0 Å². The maximum Gasteiger partial charge on any atom is 0.339 e. The number of carbonyl (C=O) groups is 1. The Morgan fingerprint density at radius 3 is 2.53 bits per heavy atom. The molecule has 8 heteroatoms. The van der Waals surface area contributed by atoms with Gasteiger partial charge in [0, 0.05) is 15.2 Å². The predicted molar refractivity (Wildman–Crippen MR) is 77.4 cm³/mol. The fourth-order valence-electron chi connectivity index (χ4n) is 1.18. The van der Waals surface area contributed by atoms with E-state index in [1.165, 1.54) is 6.07 Å². The molecule has 0 aliphatic rings. The molecule has 0 fully saturated rings. The lowest BCUT2D eigenvalue weighted by Crippen LogP contribution is -2.15. The molecular formula is C11H11BrCl2O4S. The lowest BCUT2D eigenvalue weighted by molar-refractivity contribution is 0.0334. The third-order valence-electron chi connectivity index (χ3n) is 2.39. The molecule has 1 atom stereocenters. The van der Waals surface area contributed by atoms with Crippen molar-refractivity contribution in [3.63, 3.8) is 0 Å². The molecule has 0 bridgehead atoms. The number of benzene rings is 1. The van der Waals surface area contributed by atoms with Crippen molar-refractivity contribution in [3.05, 3.63) is 27.2 Å². The Bertz CT molecular complexity index is 601. The van der Waals surface area contributed by atoms with Gasteiger partial charge in [0.1, 0.15) is 0 Å². The Hall–Kier alpha value is -0.300. The normalized spacial score (nSPS) is 13.1. The second kappa shape index (κ2) is 6.43. The number of rotatable bonds is 4. The summed E-state index contributed by atoms with van der Waals surface area (Å²) in [4.78, 5) is 11.7. The Kier molecular flexibility index (Phi) is 5.67. The molecule has 0 aliphatic heterocycles. The number of ether oxygens (including phenoxy) is 1. The lowest BCUT2D eigenvalue weighted by atomic mass is 10.2. The van der Waals surface area contributed by atoms with E-state index in [1.54, 1.807) is 6.92 Å². The van der Waals surface area contributed by atoms with Crippen LogP contribution in [0, 0.1) is 0 Å². The van der Waals surface area contributed by atoms with Crippen molar-refractivity contribution >= 4 is 53.2 Å². The van der Waals surface area contributed by atoms with Crippen LogP contribution in [0.5, 0.6) is 0 Å². The van der Waals surface area contributed by atoms with Gasteiger partial charge in [0.25, 0.3) is 9.05 Å². The van der Waals surface area contributed by atoms with E-state index in [4.69, 9.17) is 27.0 Å². The van der Waals surface area contributed by atoms with Gasteiger partial charge in [0.2, 0.25) is 0 Å². The van der Waals surface area contributed by atoms with E-state index in [-0.39, 0.29) is 26.1 Å². The minimum Gasteiger partial charge on any atom is -0.459 e. The van der Waals surface area contributed by atoms with Gasteiger partial charge in [-0.2, -0.15) is 0 Å². The number of carbonyl (C=O) groups excluding carboxylic acids is 1. The quantitative estimate of drug-likeness (QED) is 0.577. The second-order valence-electron chi connectivity index (χ2n) is 3.83. The summed E-state index contributed by atoms with van der Waals surface area (Å²) in [6.45, 7) is 3.58. The zero-order valence-corrected chi connectivity index (χ0v) is 14.0. The molecule has 1 unspecified atom stereocenters. The van der Waals surface area contributed by atoms with E-state index in [1.807, 2.05) is 6.92 Å². The van der Waals surface area contributed by atoms with Crippen LogP contribution in [-0.2, 0) is 13.8 Å². The second-order valence-corrected chi connectivity index (χ2v) is 7.63. The first-order valence-electron chi connectivity index (χ1n) is 5.31. The molecule has 0 radical (unpaired) electrons. The summed E-state index contributed by atoms with van der Waals surface area (Å²) in [6.07, 6.45) is 0.344. The monoisotopic (exact) mass is 388 g/mol. The highest BCUT2D eigenvalue weighted by atomic mass is 79.9. The van der Waals surface area contributed by atoms with Gasteiger partial charge >= 0.3 is 5.97 Å². The van der Waals surface area contributed by atoms with Crippen LogP contribution in [0.4, 0.5) is 0 Å². The first-order valence-corrected chi connectivity index (χ1v) is 8.79. The van der Waals surface area contributed by atoms with Crippen molar-refractivity contribution in [2.24, 2.45) is 0 Å². The molecule has 0 aliphatic carbocycles. The molecule has 4 nitrogen and oxygen atoms in total. The van der Waals surface area contributed by atoms with Crippen molar-refractivity contribution in [1.29, 1.82) is 0 Å². The van der Waals surface area contributed by atoms with Gasteiger partial charge in [-0.25, -0.2) is 13.2 Å². The van der Waals surface area contributed by atoms with E-state index in [0.29, 0.717) is 6.42 Å². The molecule has 1 aromatic carbocycles. The first-order chi connectivity index (χ1) is 8.66. The van der Waals surface area contributed by atoms with Gasteiger partial charge < -0.3 is 4.74 Å². The molecule has 1 aromatic rings. The van der Waals surface area contributed by atoms with E-state index >= 15 is 0 Å². The summed E-state index contributed by atoms with van der Waals surface area (Å²) in [5.41, 5.74) is -0.0458. The van der Waals surface area contributed by atoms with Crippen molar-refractivity contribution in [3.8, 4) is 0 Å². The minimum absolute atomic E-state index is 0.0458. The SMILES string of the molecule is CCC(C)OC(=O)c1cc(S(=O)(=O)Cl)cc(Br)c1Cl. The molecule has 1 rings (SSSR count). The third-order valence-corrected chi connectivity index (χ3v) is 4.98. The Morgan fingerprint density at radius 1 is 1.47 bits per heavy atom. The molecular weight excluding hydrogens is 379 g/mol. The summed E-state index contributed by atoms with van der Waals surface area (Å²) in [6, 6.07) is 2.32. The summed E-state index contributed by atoms with van der Waals surface area (Å²) in [5.74, 6) is -0.692. The highest BCUT2D eigenvalue weighted by Gasteiger charge is 2.21. The smallest absolute Gasteiger partial charge is 0.339 e. The minimum atomic E-state index is -3.96. The van der Waals surface area contributed by atoms with Crippen LogP contribution in [0.25, 0.3) is 0 Å². The van der Waals surface area contributed by atoms with E-state index in [2.05, 4.69) is 15.9 Å². The van der Waals surface area contributed by atoms with Gasteiger partial charge in [0.15, 0.2) is 0 Å². The highest BCUT2D eigenvalue weighted by Crippen LogP contribution is 2.31. The average molecular weight is 390 g/mol. The van der Waals surface area contributed by atoms with Gasteiger partial charge in [-0.1, -0.05) is 18.5 Å². The molecule has 106 valence electrons. The Balaban J connectivity index is 3.27. The highest BCUT2D eigenvalue weighted by molar-refractivity contribution is 9.10. The van der Waals surface area contributed by atoms with Crippen LogP contribution < -0.4 is 0 Å². The maximum atomic E-state index is 11.9. The maximum absolute atomic E-state index is 11.9. The van der Waals surface area contributed by atoms with E-state index in [9.17, 15) is 13.2 Å². The van der Waals surface area contributed by atoms with Crippen molar-refractivity contribution in [2.45, 2.75) is 31.3 Å². The fraction of sp³-hybridized carbons (Fsp3) is 0.364. The standard InChI is InChI=1S/C11H11BrCl2O4S/c1-3-6(2)18-11(15)8-4-7(19(14,16)17)5-9(12)10(8)13/h4-6H,3H2,1-2H3. The average Bonchev–Trinajstić information content (AvgIpc) is 2.30. The van der Waals surface area contributed by atoms with Crippen molar-refractivity contribution in [2.75, 3.05) is 0 Å². The largest absolute Gasteiger partial charge is 0.459 e. The van der Waals surface area contributed by atoms with Crippen molar-refractivity contribution in [1.82, 2.24) is 0 Å². The zero-order valence-electron chi connectivity index (χ0n) is 10.1. The van der Waals surface area contributed by atoms with Crippen LogP contribution in [0.15, 0.2) is 21.5 Å². The Morgan fingerprint density at radius 2 is 2.05 bits per heavy atom. The fourth-order valence-corrected chi connectivity index (χ4v) is 2.77. The number of esters is 1. The number of hydrogen-bond acceptors (Lipinski definition) is 4. The van der Waals surface area contributed by atoms with Crippen LogP contribution in [0.2, 0.25) is 5.02 Å². The summed E-state index contributed by atoms with van der Waals surface area (Å²) in [5, 5.41) is 0.0809. The lowest BCUT2D eigenvalue weighted by Gasteiger charge is -2.12. The molecule has 0 heterocycles. The number of hydrogen-bond donors (Lipinski definition) is 0. The zero-order chi connectivity index (χ0) is 14.8. The summed E-state index contributed by atoms with van der Waals surface area (Å²) < 4.78 is 28.0. The van der Waals surface area contributed by atoms with Crippen LogP contribution in [-0.4, -0.2) is 20.5 Å². The topological polar surface area (TPSA) is 60.4 Å². The molecule has 0 aromatic heterocycles. The van der Waals surface area contributed by atoms with E-state index < -0.39 is 15.0 Å². The molecule has 0 spiro atoms. The van der Waals surface area contributed by atoms with Gasteiger partial charge in [-0.15, -0.1) is 0 Å². The van der Waals surface area contributed by atoms with Crippen LogP contribution in [0.1, 0.15) is 30.6 Å². The van der Waals surface area contributed by atoms with Crippen molar-refractivity contribution < 1.29 is 17.9 Å². The van der Waals surface area contributed by atoms with Gasteiger partial charge in [0.05, 0.1) is 21.6 Å². The molecule has 0 amide bonds. The molecule has 0 N–H and O–H groups in total.